The van der Waals surface area contributed by atoms with Crippen LogP contribution in [0.5, 0.6) is 11.5 Å². The van der Waals surface area contributed by atoms with E-state index in [4.69, 9.17) is 25.8 Å². The van der Waals surface area contributed by atoms with Gasteiger partial charge in [0.25, 0.3) is 0 Å². The molecule has 1 fully saturated rings. The average Bonchev–Trinajstić information content (AvgIpc) is 3.03. The molecule has 1 saturated heterocycles. The maximum atomic E-state index is 5.98. The van der Waals surface area contributed by atoms with E-state index in [0.717, 1.165) is 12.4 Å². The third kappa shape index (κ3) is 3.01. The van der Waals surface area contributed by atoms with Crippen molar-refractivity contribution in [3.8, 4) is 11.5 Å². The minimum atomic E-state index is 0.233. The standard InChI is InChI=1S/C11H13ClO3/c1-2-13-8-3-4-10(12)11(5-8)15-7-9-6-14-9/h3-5,9H,2,6-7H2,1H3. The molecule has 2 rings (SSSR count). The topological polar surface area (TPSA) is 31.0 Å². The Morgan fingerprint density at radius 2 is 2.27 bits per heavy atom. The minimum absolute atomic E-state index is 0.233. The summed E-state index contributed by atoms with van der Waals surface area (Å²) >= 11 is 5.98. The van der Waals surface area contributed by atoms with Crippen LogP contribution in [-0.4, -0.2) is 25.9 Å². The normalized spacial score (nSPS) is 18.7. The first-order valence-electron chi connectivity index (χ1n) is 4.96. The van der Waals surface area contributed by atoms with Crippen molar-refractivity contribution in [2.24, 2.45) is 0 Å². The van der Waals surface area contributed by atoms with Gasteiger partial charge in [0, 0.05) is 6.07 Å². The van der Waals surface area contributed by atoms with Gasteiger partial charge in [0.15, 0.2) is 0 Å². The lowest BCUT2D eigenvalue weighted by Gasteiger charge is -2.09. The highest BCUT2D eigenvalue weighted by Gasteiger charge is 2.23. The predicted octanol–water partition coefficient (Wildman–Crippen LogP) is 2.52. The van der Waals surface area contributed by atoms with Crippen molar-refractivity contribution in [1.29, 1.82) is 0 Å². The monoisotopic (exact) mass is 228 g/mol. The van der Waals surface area contributed by atoms with Crippen molar-refractivity contribution in [3.63, 3.8) is 0 Å². The molecule has 15 heavy (non-hydrogen) atoms. The van der Waals surface area contributed by atoms with Crippen molar-refractivity contribution in [2.45, 2.75) is 13.0 Å². The van der Waals surface area contributed by atoms with Crippen molar-refractivity contribution in [1.82, 2.24) is 0 Å². The molecule has 1 aliphatic heterocycles. The van der Waals surface area contributed by atoms with Gasteiger partial charge in [-0.3, -0.25) is 0 Å². The van der Waals surface area contributed by atoms with Crippen molar-refractivity contribution < 1.29 is 14.2 Å². The third-order valence-electron chi connectivity index (χ3n) is 2.04. The van der Waals surface area contributed by atoms with E-state index in [1.165, 1.54) is 0 Å². The van der Waals surface area contributed by atoms with Gasteiger partial charge >= 0.3 is 0 Å². The molecule has 1 heterocycles. The van der Waals surface area contributed by atoms with Crippen LogP contribution in [0.4, 0.5) is 0 Å². The van der Waals surface area contributed by atoms with Crippen molar-refractivity contribution in [2.75, 3.05) is 19.8 Å². The molecule has 0 radical (unpaired) electrons. The summed E-state index contributed by atoms with van der Waals surface area (Å²) in [5.41, 5.74) is 0. The predicted molar refractivity (Wildman–Crippen MR) is 57.9 cm³/mol. The molecule has 1 aliphatic rings. The highest BCUT2D eigenvalue weighted by molar-refractivity contribution is 6.32. The summed E-state index contributed by atoms with van der Waals surface area (Å²) in [5, 5.41) is 0.596. The van der Waals surface area contributed by atoms with E-state index in [9.17, 15) is 0 Å². The lowest BCUT2D eigenvalue weighted by atomic mass is 10.3. The highest BCUT2D eigenvalue weighted by Crippen LogP contribution is 2.29. The highest BCUT2D eigenvalue weighted by atomic mass is 35.5. The van der Waals surface area contributed by atoms with E-state index in [1.807, 2.05) is 13.0 Å². The van der Waals surface area contributed by atoms with E-state index >= 15 is 0 Å². The molecule has 0 saturated carbocycles. The number of ether oxygens (including phenoxy) is 3. The summed E-state index contributed by atoms with van der Waals surface area (Å²) in [6.45, 7) is 3.90. The summed E-state index contributed by atoms with van der Waals surface area (Å²) in [5.74, 6) is 1.42. The molecule has 1 aromatic carbocycles. The fourth-order valence-electron chi connectivity index (χ4n) is 1.20. The number of epoxide rings is 1. The van der Waals surface area contributed by atoms with E-state index in [2.05, 4.69) is 0 Å². The molecule has 4 heteroatoms. The Labute approximate surface area is 93.9 Å². The van der Waals surface area contributed by atoms with Crippen LogP contribution in [0.15, 0.2) is 18.2 Å². The molecule has 0 aromatic heterocycles. The molecule has 1 atom stereocenters. The first-order chi connectivity index (χ1) is 7.29. The zero-order valence-corrected chi connectivity index (χ0v) is 9.29. The second-order valence-corrected chi connectivity index (χ2v) is 3.70. The maximum absolute atomic E-state index is 5.98. The van der Waals surface area contributed by atoms with Crippen LogP contribution < -0.4 is 9.47 Å². The second kappa shape index (κ2) is 4.73. The van der Waals surface area contributed by atoms with E-state index in [0.29, 0.717) is 24.0 Å². The molecule has 3 nitrogen and oxygen atoms in total. The summed E-state index contributed by atoms with van der Waals surface area (Å²) in [7, 11) is 0. The molecule has 0 bridgehead atoms. The molecule has 82 valence electrons. The Balaban J connectivity index is 2.01. The Morgan fingerprint density at radius 1 is 1.47 bits per heavy atom. The summed E-state index contributed by atoms with van der Waals surface area (Å²) in [6.07, 6.45) is 0.233. The second-order valence-electron chi connectivity index (χ2n) is 3.29. The molecule has 0 aliphatic carbocycles. The first kappa shape index (κ1) is 10.6. The minimum Gasteiger partial charge on any atom is -0.494 e. The number of halogens is 1. The van der Waals surface area contributed by atoms with Gasteiger partial charge < -0.3 is 14.2 Å². The van der Waals surface area contributed by atoms with E-state index in [1.54, 1.807) is 12.1 Å². The van der Waals surface area contributed by atoms with Gasteiger partial charge in [-0.05, 0) is 19.1 Å². The molecule has 0 spiro atoms. The van der Waals surface area contributed by atoms with Crippen LogP contribution in [0.3, 0.4) is 0 Å². The van der Waals surface area contributed by atoms with Gasteiger partial charge in [-0.25, -0.2) is 0 Å². The van der Waals surface area contributed by atoms with E-state index < -0.39 is 0 Å². The molecular weight excluding hydrogens is 216 g/mol. The SMILES string of the molecule is CCOc1ccc(Cl)c(OCC2CO2)c1. The fourth-order valence-corrected chi connectivity index (χ4v) is 1.37. The van der Waals surface area contributed by atoms with Gasteiger partial charge in [0.2, 0.25) is 0 Å². The van der Waals surface area contributed by atoms with Crippen LogP contribution in [0.25, 0.3) is 0 Å². The number of rotatable bonds is 5. The van der Waals surface area contributed by atoms with Crippen LogP contribution in [0.1, 0.15) is 6.92 Å². The van der Waals surface area contributed by atoms with Crippen molar-refractivity contribution >= 4 is 11.6 Å². The van der Waals surface area contributed by atoms with Crippen LogP contribution in [0.2, 0.25) is 5.02 Å². The fraction of sp³-hybridized carbons (Fsp3) is 0.455. The Bertz CT molecular complexity index is 337. The van der Waals surface area contributed by atoms with Gasteiger partial charge in [-0.1, -0.05) is 11.6 Å². The molecule has 0 N–H and O–H groups in total. The number of hydrogen-bond acceptors (Lipinski definition) is 3. The quantitative estimate of drug-likeness (QED) is 0.726. The largest absolute Gasteiger partial charge is 0.494 e. The van der Waals surface area contributed by atoms with Crippen molar-refractivity contribution in [3.05, 3.63) is 23.2 Å². The van der Waals surface area contributed by atoms with Gasteiger partial charge in [-0.15, -0.1) is 0 Å². The molecule has 1 aromatic rings. The number of benzene rings is 1. The molecule has 0 amide bonds. The van der Waals surface area contributed by atoms with Gasteiger partial charge in [-0.2, -0.15) is 0 Å². The summed E-state index contributed by atoms with van der Waals surface area (Å²) in [4.78, 5) is 0. The number of hydrogen-bond donors (Lipinski definition) is 0. The summed E-state index contributed by atoms with van der Waals surface area (Å²) in [6, 6.07) is 5.40. The maximum Gasteiger partial charge on any atom is 0.141 e. The lowest BCUT2D eigenvalue weighted by molar-refractivity contribution is 0.261. The Hall–Kier alpha value is -0.930. The lowest BCUT2D eigenvalue weighted by Crippen LogP contribution is -2.04. The van der Waals surface area contributed by atoms with Crippen LogP contribution in [0, 0.1) is 0 Å². The van der Waals surface area contributed by atoms with Gasteiger partial charge in [0.05, 0.1) is 18.2 Å². The third-order valence-corrected chi connectivity index (χ3v) is 2.35. The van der Waals surface area contributed by atoms with Crippen LogP contribution >= 0.6 is 11.6 Å². The average molecular weight is 229 g/mol. The zero-order valence-electron chi connectivity index (χ0n) is 8.53. The Morgan fingerprint density at radius 3 is 2.93 bits per heavy atom. The zero-order chi connectivity index (χ0) is 10.7. The first-order valence-corrected chi connectivity index (χ1v) is 5.34. The Kier molecular flexibility index (Phi) is 3.34. The van der Waals surface area contributed by atoms with Gasteiger partial charge in [0.1, 0.15) is 24.2 Å². The van der Waals surface area contributed by atoms with Crippen LogP contribution in [-0.2, 0) is 4.74 Å². The summed E-state index contributed by atoms with van der Waals surface area (Å²) < 4.78 is 15.9. The van der Waals surface area contributed by atoms with E-state index in [-0.39, 0.29) is 6.10 Å². The molecular formula is C11H13ClO3. The smallest absolute Gasteiger partial charge is 0.141 e. The molecule has 1 unspecified atom stereocenters.